The van der Waals surface area contributed by atoms with Gasteiger partial charge in [-0.3, -0.25) is 4.79 Å². The maximum Gasteiger partial charge on any atom is 0.441 e. The van der Waals surface area contributed by atoms with E-state index < -0.39 is 29.7 Å². The Bertz CT molecular complexity index is 824. The Hall–Kier alpha value is -2.30. The second kappa shape index (κ2) is 10.3. The van der Waals surface area contributed by atoms with Crippen LogP contribution in [0.3, 0.4) is 0 Å². The molecule has 0 spiro atoms. The number of amides is 1. The van der Waals surface area contributed by atoms with Gasteiger partial charge in [-0.05, 0) is 44.6 Å². The fourth-order valence-electron chi connectivity index (χ4n) is 3.38. The molecule has 1 amide bonds. The van der Waals surface area contributed by atoms with Crippen LogP contribution < -0.4 is 10.6 Å². The second-order valence-electron chi connectivity index (χ2n) is 7.15. The second-order valence-corrected chi connectivity index (χ2v) is 8.26. The van der Waals surface area contributed by atoms with E-state index in [0.717, 1.165) is 36.2 Å². The maximum atomic E-state index is 14.3. The minimum Gasteiger partial charge on any atom is -0.465 e. The molecule has 0 unspecified atom stereocenters. The molecule has 0 fully saturated rings. The number of halogens is 3. The number of unbranched alkanes of at least 4 members (excludes halogenated alkanes) is 1. The van der Waals surface area contributed by atoms with Gasteiger partial charge < -0.3 is 20.1 Å². The van der Waals surface area contributed by atoms with Crippen molar-refractivity contribution in [2.24, 2.45) is 0 Å². The highest BCUT2D eigenvalue weighted by atomic mass is 32.1. The van der Waals surface area contributed by atoms with Crippen LogP contribution in [0.4, 0.5) is 18.2 Å². The Labute approximate surface area is 182 Å². The Morgan fingerprint density at radius 1 is 1.13 bits per heavy atom. The number of anilines is 1. The van der Waals surface area contributed by atoms with Gasteiger partial charge in [-0.25, -0.2) is 9.59 Å². The molecule has 1 aliphatic rings. The lowest BCUT2D eigenvalue weighted by molar-refractivity contribution is -0.207. The highest BCUT2D eigenvalue weighted by Crippen LogP contribution is 2.42. The van der Waals surface area contributed by atoms with Gasteiger partial charge in [0.1, 0.15) is 5.00 Å². The van der Waals surface area contributed by atoms with Crippen LogP contribution in [0.2, 0.25) is 0 Å². The lowest BCUT2D eigenvalue weighted by Gasteiger charge is -2.35. The summed E-state index contributed by atoms with van der Waals surface area (Å²) in [7, 11) is 1.13. The molecule has 0 radical (unpaired) electrons. The van der Waals surface area contributed by atoms with Crippen LogP contribution in [0.15, 0.2) is 0 Å². The minimum absolute atomic E-state index is 0.0390. The Kier molecular flexibility index (Phi) is 8.33. The van der Waals surface area contributed by atoms with Gasteiger partial charge in [0.2, 0.25) is 5.91 Å². The van der Waals surface area contributed by atoms with Crippen molar-refractivity contribution >= 4 is 34.2 Å². The van der Waals surface area contributed by atoms with E-state index in [4.69, 9.17) is 9.47 Å². The van der Waals surface area contributed by atoms with Crippen LogP contribution in [0.25, 0.3) is 0 Å². The molecule has 0 aliphatic heterocycles. The summed E-state index contributed by atoms with van der Waals surface area (Å²) in [5.74, 6) is -3.46. The van der Waals surface area contributed by atoms with Crippen LogP contribution in [-0.4, -0.2) is 43.4 Å². The zero-order valence-corrected chi connectivity index (χ0v) is 18.6. The summed E-state index contributed by atoms with van der Waals surface area (Å²) in [4.78, 5) is 38.1. The predicted octanol–water partition coefficient (Wildman–Crippen LogP) is 3.95. The number of hydrogen-bond acceptors (Lipinski definition) is 7. The summed E-state index contributed by atoms with van der Waals surface area (Å²) >= 11 is 0.958. The first-order valence-corrected chi connectivity index (χ1v) is 11.0. The molecule has 174 valence electrons. The monoisotopic (exact) mass is 464 g/mol. The summed E-state index contributed by atoms with van der Waals surface area (Å²) in [5, 5.41) is 3.78. The molecule has 1 atom stereocenters. The fraction of sp³-hybridized carbons (Fsp3) is 0.650. The standard InChI is InChI=1S/C20H27F3N2O5S/c1-4-6-11-14(26)24-19(20(21,22)23,18(28)30-5-2)25-16-15(17(27)29-3)12-9-7-8-10-13(12)31-16/h25H,4-11H2,1-3H3,(H,24,26)/t19-/m1/s1. The number of nitrogens with one attached hydrogen (secondary N) is 2. The Balaban J connectivity index is 2.59. The van der Waals surface area contributed by atoms with E-state index in [9.17, 15) is 27.6 Å². The Morgan fingerprint density at radius 3 is 2.39 bits per heavy atom. The summed E-state index contributed by atoms with van der Waals surface area (Å²) in [6.45, 7) is 2.82. The van der Waals surface area contributed by atoms with Gasteiger partial charge in [0.25, 0.3) is 0 Å². The number of carbonyl (C=O) groups excluding carboxylic acids is 3. The molecule has 1 aromatic rings. The predicted molar refractivity (Wildman–Crippen MR) is 109 cm³/mol. The van der Waals surface area contributed by atoms with E-state index in [2.05, 4.69) is 5.32 Å². The van der Waals surface area contributed by atoms with E-state index in [-0.39, 0.29) is 23.6 Å². The molecule has 1 aromatic heterocycles. The quantitative estimate of drug-likeness (QED) is 0.425. The van der Waals surface area contributed by atoms with Crippen molar-refractivity contribution < 1.29 is 37.0 Å². The smallest absolute Gasteiger partial charge is 0.441 e. The number of rotatable bonds is 9. The zero-order chi connectivity index (χ0) is 23.2. The number of esters is 2. The van der Waals surface area contributed by atoms with Crippen molar-refractivity contribution in [3.8, 4) is 0 Å². The zero-order valence-electron chi connectivity index (χ0n) is 17.7. The average molecular weight is 465 g/mol. The SMILES string of the molecule is CCCCC(=O)N[C@@](Nc1sc2c(c1C(=O)OC)CCCC2)(C(=O)OCC)C(F)(F)F. The summed E-state index contributed by atoms with van der Waals surface area (Å²) < 4.78 is 52.5. The van der Waals surface area contributed by atoms with E-state index in [0.29, 0.717) is 31.2 Å². The van der Waals surface area contributed by atoms with Crippen LogP contribution in [0.5, 0.6) is 0 Å². The molecule has 0 aromatic carbocycles. The third-order valence-electron chi connectivity index (χ3n) is 4.95. The Morgan fingerprint density at radius 2 is 1.81 bits per heavy atom. The molecule has 1 heterocycles. The topological polar surface area (TPSA) is 93.7 Å². The van der Waals surface area contributed by atoms with Crippen LogP contribution in [0.1, 0.15) is 66.8 Å². The van der Waals surface area contributed by atoms with Gasteiger partial charge in [-0.2, -0.15) is 13.2 Å². The van der Waals surface area contributed by atoms with Crippen LogP contribution in [0, 0.1) is 0 Å². The highest BCUT2D eigenvalue weighted by Gasteiger charge is 2.64. The van der Waals surface area contributed by atoms with E-state index in [1.165, 1.54) is 6.92 Å². The normalized spacial score (nSPS) is 15.4. The van der Waals surface area contributed by atoms with Crippen LogP contribution in [-0.2, 0) is 31.9 Å². The molecule has 7 nitrogen and oxygen atoms in total. The lowest BCUT2D eigenvalue weighted by Crippen LogP contribution is -2.69. The van der Waals surface area contributed by atoms with Gasteiger partial charge >= 0.3 is 23.8 Å². The number of ether oxygens (including phenoxy) is 2. The molecule has 0 bridgehead atoms. The van der Waals surface area contributed by atoms with Gasteiger partial charge in [0.15, 0.2) is 0 Å². The van der Waals surface area contributed by atoms with Crippen molar-refractivity contribution in [3.05, 3.63) is 16.0 Å². The van der Waals surface area contributed by atoms with Crippen molar-refractivity contribution in [3.63, 3.8) is 0 Å². The van der Waals surface area contributed by atoms with E-state index in [1.54, 1.807) is 6.92 Å². The maximum absolute atomic E-state index is 14.3. The number of aryl methyl sites for hydroxylation is 1. The molecule has 1 aliphatic carbocycles. The first-order chi connectivity index (χ1) is 14.6. The first-order valence-electron chi connectivity index (χ1n) is 10.2. The molecular formula is C20H27F3N2O5S. The highest BCUT2D eigenvalue weighted by molar-refractivity contribution is 7.16. The summed E-state index contributed by atoms with van der Waals surface area (Å²) in [5.41, 5.74) is -2.96. The van der Waals surface area contributed by atoms with Crippen molar-refractivity contribution in [1.82, 2.24) is 5.32 Å². The molecular weight excluding hydrogens is 437 g/mol. The van der Waals surface area contributed by atoms with Gasteiger partial charge in [0.05, 0.1) is 19.3 Å². The lowest BCUT2D eigenvalue weighted by atomic mass is 9.95. The largest absolute Gasteiger partial charge is 0.465 e. The van der Waals surface area contributed by atoms with Gasteiger partial charge in [-0.15, -0.1) is 11.3 Å². The number of hydrogen-bond donors (Lipinski definition) is 2. The van der Waals surface area contributed by atoms with Crippen molar-refractivity contribution in [2.75, 3.05) is 19.0 Å². The molecule has 0 saturated carbocycles. The number of fused-ring (bicyclic) bond motifs is 1. The molecule has 2 N–H and O–H groups in total. The molecule has 31 heavy (non-hydrogen) atoms. The van der Waals surface area contributed by atoms with Crippen molar-refractivity contribution in [2.45, 2.75) is 70.6 Å². The third kappa shape index (κ3) is 5.31. The number of methoxy groups -OCH3 is 1. The molecule has 0 saturated heterocycles. The number of carbonyl (C=O) groups is 3. The van der Waals surface area contributed by atoms with Crippen molar-refractivity contribution in [1.29, 1.82) is 0 Å². The minimum atomic E-state index is -5.25. The summed E-state index contributed by atoms with van der Waals surface area (Å²) in [6, 6.07) is 0. The van der Waals surface area contributed by atoms with Gasteiger partial charge in [0, 0.05) is 11.3 Å². The average Bonchev–Trinajstić information content (AvgIpc) is 3.08. The number of alkyl halides is 3. The number of thiophene rings is 1. The first kappa shape index (κ1) is 25.0. The van der Waals surface area contributed by atoms with Gasteiger partial charge in [-0.1, -0.05) is 13.3 Å². The molecule has 11 heteroatoms. The van der Waals surface area contributed by atoms with E-state index in [1.807, 2.05) is 5.32 Å². The van der Waals surface area contributed by atoms with E-state index >= 15 is 0 Å². The molecule has 2 rings (SSSR count). The third-order valence-corrected chi connectivity index (χ3v) is 6.16. The summed E-state index contributed by atoms with van der Waals surface area (Å²) in [6.07, 6.45) is -1.77. The fourth-order valence-corrected chi connectivity index (χ4v) is 4.71. The van der Waals surface area contributed by atoms with Crippen LogP contribution >= 0.6 is 11.3 Å².